The third-order valence-corrected chi connectivity index (χ3v) is 4.20. The fourth-order valence-corrected chi connectivity index (χ4v) is 3.11. The summed E-state index contributed by atoms with van der Waals surface area (Å²) in [5.41, 5.74) is 10.2. The van der Waals surface area contributed by atoms with Gasteiger partial charge in [-0.3, -0.25) is 0 Å². The Kier molecular flexibility index (Phi) is 5.04. The van der Waals surface area contributed by atoms with Gasteiger partial charge in [-0.2, -0.15) is 5.26 Å². The number of aromatic nitrogens is 1. The first-order valence-corrected chi connectivity index (χ1v) is 7.85. The molecule has 0 spiro atoms. The summed E-state index contributed by atoms with van der Waals surface area (Å²) in [5, 5.41) is 9.51. The first-order valence-electron chi connectivity index (χ1n) is 7.06. The molecule has 5 heteroatoms. The molecule has 0 bridgehead atoms. The molecule has 1 heterocycles. The molecule has 1 aromatic heterocycles. The second kappa shape index (κ2) is 6.80. The number of rotatable bonds is 4. The minimum Gasteiger partial charge on any atom is -0.496 e. The van der Waals surface area contributed by atoms with Gasteiger partial charge < -0.3 is 10.5 Å². The predicted octanol–water partition coefficient (Wildman–Crippen LogP) is 4.23. The number of ether oxygens (including phenoxy) is 1. The lowest BCUT2D eigenvalue weighted by atomic mass is 9.92. The molecule has 0 atom stereocenters. The van der Waals surface area contributed by atoms with Crippen LogP contribution in [0.25, 0.3) is 11.1 Å². The summed E-state index contributed by atoms with van der Waals surface area (Å²) in [6.45, 7) is 4.04. The number of anilines is 1. The second-order valence-electron chi connectivity index (χ2n) is 5.02. The van der Waals surface area contributed by atoms with Gasteiger partial charge in [0.2, 0.25) is 0 Å². The van der Waals surface area contributed by atoms with E-state index in [0.717, 1.165) is 45.4 Å². The molecule has 4 nitrogen and oxygen atoms in total. The van der Waals surface area contributed by atoms with Crippen LogP contribution in [0.4, 0.5) is 5.82 Å². The lowest BCUT2D eigenvalue weighted by molar-refractivity contribution is 0.412. The van der Waals surface area contributed by atoms with E-state index in [2.05, 4.69) is 33.9 Å². The number of halogens is 1. The Bertz CT molecular complexity index is 751. The molecule has 0 unspecified atom stereocenters. The number of nitrogens with two attached hydrogens (primary N) is 1. The molecule has 2 aromatic rings. The van der Waals surface area contributed by atoms with Gasteiger partial charge in [0, 0.05) is 11.3 Å². The zero-order valence-electron chi connectivity index (χ0n) is 12.9. The van der Waals surface area contributed by atoms with Crippen LogP contribution in [0.3, 0.4) is 0 Å². The third kappa shape index (κ3) is 2.93. The smallest absolute Gasteiger partial charge is 0.142 e. The molecule has 114 valence electrons. The maximum absolute atomic E-state index is 9.51. The Balaban J connectivity index is 2.77. The molecule has 0 fully saturated rings. The molecule has 2 rings (SSSR count). The van der Waals surface area contributed by atoms with Crippen molar-refractivity contribution in [3.63, 3.8) is 0 Å². The molecule has 0 saturated heterocycles. The van der Waals surface area contributed by atoms with E-state index in [1.807, 2.05) is 25.1 Å². The average Bonchev–Trinajstić information content (AvgIpc) is 2.49. The van der Waals surface area contributed by atoms with Gasteiger partial charge >= 0.3 is 0 Å². The van der Waals surface area contributed by atoms with Crippen molar-refractivity contribution in [3.8, 4) is 22.9 Å². The Labute approximate surface area is 139 Å². The molecule has 22 heavy (non-hydrogen) atoms. The van der Waals surface area contributed by atoms with Crippen LogP contribution in [0, 0.1) is 18.3 Å². The van der Waals surface area contributed by atoms with Crippen LogP contribution in [-0.2, 0) is 6.42 Å². The van der Waals surface area contributed by atoms with Crippen molar-refractivity contribution in [2.75, 3.05) is 12.8 Å². The number of pyridine rings is 1. The van der Waals surface area contributed by atoms with Crippen LogP contribution in [0.2, 0.25) is 0 Å². The van der Waals surface area contributed by atoms with Gasteiger partial charge in [0.05, 0.1) is 11.6 Å². The number of methoxy groups -OCH3 is 1. The van der Waals surface area contributed by atoms with E-state index in [-0.39, 0.29) is 5.82 Å². The first kappa shape index (κ1) is 16.3. The number of nitrogen functional groups attached to an aromatic ring is 1. The van der Waals surface area contributed by atoms with Crippen molar-refractivity contribution in [2.24, 2.45) is 0 Å². The van der Waals surface area contributed by atoms with Gasteiger partial charge in [-0.1, -0.05) is 19.4 Å². The van der Waals surface area contributed by atoms with Crippen LogP contribution in [0.5, 0.6) is 5.75 Å². The van der Waals surface area contributed by atoms with Crippen LogP contribution in [0.15, 0.2) is 22.7 Å². The summed E-state index contributed by atoms with van der Waals surface area (Å²) < 4.78 is 6.11. The van der Waals surface area contributed by atoms with Crippen molar-refractivity contribution < 1.29 is 4.74 Å². The Morgan fingerprint density at radius 3 is 2.68 bits per heavy atom. The van der Waals surface area contributed by atoms with E-state index < -0.39 is 0 Å². The summed E-state index contributed by atoms with van der Waals surface area (Å²) >= 11 is 3.50. The molecule has 0 aliphatic rings. The highest BCUT2D eigenvalue weighted by atomic mass is 79.9. The van der Waals surface area contributed by atoms with Crippen molar-refractivity contribution in [3.05, 3.63) is 39.5 Å². The van der Waals surface area contributed by atoms with E-state index in [1.54, 1.807) is 7.11 Å². The van der Waals surface area contributed by atoms with E-state index in [4.69, 9.17) is 10.5 Å². The van der Waals surface area contributed by atoms with Crippen molar-refractivity contribution in [2.45, 2.75) is 26.7 Å². The highest BCUT2D eigenvalue weighted by Crippen LogP contribution is 2.36. The molecular formula is C17H18BrN3O. The largest absolute Gasteiger partial charge is 0.496 e. The first-order chi connectivity index (χ1) is 10.5. The number of aryl methyl sites for hydroxylation is 1. The van der Waals surface area contributed by atoms with Gasteiger partial charge in [-0.15, -0.1) is 0 Å². The number of benzene rings is 1. The van der Waals surface area contributed by atoms with Crippen LogP contribution in [0.1, 0.15) is 30.2 Å². The molecule has 2 N–H and O–H groups in total. The van der Waals surface area contributed by atoms with E-state index >= 15 is 0 Å². The summed E-state index contributed by atoms with van der Waals surface area (Å²) in [6.07, 6.45) is 1.83. The molecule has 0 radical (unpaired) electrons. The summed E-state index contributed by atoms with van der Waals surface area (Å²) in [7, 11) is 1.62. The van der Waals surface area contributed by atoms with Gasteiger partial charge in [0.15, 0.2) is 0 Å². The third-order valence-electron chi connectivity index (χ3n) is 3.59. The summed E-state index contributed by atoms with van der Waals surface area (Å²) in [5.74, 6) is 1.03. The van der Waals surface area contributed by atoms with Crippen molar-refractivity contribution in [1.82, 2.24) is 4.98 Å². The minimum atomic E-state index is 0.279. The molecule has 0 saturated carbocycles. The van der Waals surface area contributed by atoms with Gasteiger partial charge in [0.1, 0.15) is 23.2 Å². The second-order valence-corrected chi connectivity index (χ2v) is 5.88. The molecule has 0 amide bonds. The predicted molar refractivity (Wildman–Crippen MR) is 91.8 cm³/mol. The molecular weight excluding hydrogens is 342 g/mol. The monoisotopic (exact) mass is 359 g/mol. The zero-order valence-corrected chi connectivity index (χ0v) is 14.5. The Morgan fingerprint density at radius 1 is 1.41 bits per heavy atom. The maximum atomic E-state index is 9.51. The van der Waals surface area contributed by atoms with Gasteiger partial charge in [-0.05, 0) is 52.5 Å². The zero-order chi connectivity index (χ0) is 16.3. The summed E-state index contributed by atoms with van der Waals surface area (Å²) in [4.78, 5) is 4.32. The molecule has 0 aliphatic heterocycles. The highest BCUT2D eigenvalue weighted by Gasteiger charge is 2.18. The Morgan fingerprint density at radius 2 is 2.14 bits per heavy atom. The molecule has 1 aromatic carbocycles. The lowest BCUT2D eigenvalue weighted by Crippen LogP contribution is -2.05. The average molecular weight is 360 g/mol. The quantitative estimate of drug-likeness (QED) is 0.886. The lowest BCUT2D eigenvalue weighted by Gasteiger charge is -2.16. The Hall–Kier alpha value is -2.06. The SMILES string of the molecule is CCCc1c(C)nc(N)c(C#N)c1-c1ccc(OC)c(Br)c1. The van der Waals surface area contributed by atoms with E-state index in [1.165, 1.54) is 0 Å². The topological polar surface area (TPSA) is 71.9 Å². The number of hydrogen-bond donors (Lipinski definition) is 1. The fraction of sp³-hybridized carbons (Fsp3) is 0.294. The number of nitrogens with zero attached hydrogens (tertiary/aromatic N) is 2. The minimum absolute atomic E-state index is 0.279. The standard InChI is InChI=1S/C17H18BrN3O/c1-4-5-12-10(2)21-17(20)13(9-19)16(12)11-6-7-15(22-3)14(18)8-11/h6-8H,4-5H2,1-3H3,(H2,20,21). The number of hydrogen-bond acceptors (Lipinski definition) is 4. The van der Waals surface area contributed by atoms with E-state index in [0.29, 0.717) is 5.56 Å². The summed E-state index contributed by atoms with van der Waals surface area (Å²) in [6, 6.07) is 7.97. The number of nitriles is 1. The normalized spacial score (nSPS) is 10.3. The van der Waals surface area contributed by atoms with Crippen LogP contribution < -0.4 is 10.5 Å². The van der Waals surface area contributed by atoms with Gasteiger partial charge in [0.25, 0.3) is 0 Å². The van der Waals surface area contributed by atoms with Crippen molar-refractivity contribution >= 4 is 21.7 Å². The van der Waals surface area contributed by atoms with Gasteiger partial charge in [-0.25, -0.2) is 4.98 Å². The van der Waals surface area contributed by atoms with Crippen LogP contribution in [-0.4, -0.2) is 12.1 Å². The fourth-order valence-electron chi connectivity index (χ4n) is 2.57. The molecule has 0 aliphatic carbocycles. The highest BCUT2D eigenvalue weighted by molar-refractivity contribution is 9.10. The van der Waals surface area contributed by atoms with Crippen molar-refractivity contribution in [1.29, 1.82) is 5.26 Å². The maximum Gasteiger partial charge on any atom is 0.142 e. The van der Waals surface area contributed by atoms with Crippen LogP contribution >= 0.6 is 15.9 Å². The van der Waals surface area contributed by atoms with E-state index in [9.17, 15) is 5.26 Å².